The number of aromatic nitrogens is 1. The molecule has 0 amide bonds. The van der Waals surface area contributed by atoms with Crippen LogP contribution in [0.25, 0.3) is 10.9 Å². The first kappa shape index (κ1) is 9.51. The van der Waals surface area contributed by atoms with Crippen LogP contribution in [0.2, 0.25) is 0 Å². The van der Waals surface area contributed by atoms with Crippen molar-refractivity contribution in [3.63, 3.8) is 0 Å². The maximum absolute atomic E-state index is 12.9. The molecule has 5 heteroatoms. The van der Waals surface area contributed by atoms with Gasteiger partial charge in [-0.15, -0.1) is 0 Å². The molecule has 0 atom stereocenters. The molecule has 0 bridgehead atoms. The highest BCUT2D eigenvalue weighted by molar-refractivity contribution is 6.05. The van der Waals surface area contributed by atoms with Gasteiger partial charge in [0.25, 0.3) is 0 Å². The molecule has 78 valence electrons. The third kappa shape index (κ3) is 1.41. The number of hydrogen-bond acceptors (Lipinski definition) is 3. The maximum atomic E-state index is 12.9. The van der Waals surface area contributed by atoms with Crippen LogP contribution in [0.15, 0.2) is 18.2 Å². The second-order valence-electron chi connectivity index (χ2n) is 3.10. The Hall–Kier alpha value is -2.04. The number of carbonyl (C=O) groups excluding carboxylic acids is 1. The Morgan fingerprint density at radius 1 is 1.53 bits per heavy atom. The first-order chi connectivity index (χ1) is 7.13. The number of halogens is 1. The van der Waals surface area contributed by atoms with Gasteiger partial charge in [0, 0.05) is 5.39 Å². The van der Waals surface area contributed by atoms with Crippen LogP contribution < -0.4 is 5.73 Å². The van der Waals surface area contributed by atoms with Gasteiger partial charge in [-0.25, -0.2) is 9.18 Å². The average molecular weight is 208 g/mol. The van der Waals surface area contributed by atoms with Gasteiger partial charge in [0.15, 0.2) is 0 Å². The van der Waals surface area contributed by atoms with Crippen LogP contribution in [0.4, 0.5) is 10.1 Å². The molecule has 15 heavy (non-hydrogen) atoms. The molecule has 4 nitrogen and oxygen atoms in total. The minimum atomic E-state index is -0.566. The Morgan fingerprint density at radius 2 is 2.27 bits per heavy atom. The third-order valence-electron chi connectivity index (χ3n) is 2.19. The van der Waals surface area contributed by atoms with Crippen molar-refractivity contribution in [2.75, 3.05) is 12.8 Å². The number of rotatable bonds is 1. The van der Waals surface area contributed by atoms with E-state index in [4.69, 9.17) is 5.73 Å². The van der Waals surface area contributed by atoms with Crippen LogP contribution in [0.5, 0.6) is 0 Å². The lowest BCUT2D eigenvalue weighted by atomic mass is 10.2. The smallest absolute Gasteiger partial charge is 0.356 e. The zero-order valence-electron chi connectivity index (χ0n) is 8.00. The molecule has 0 aliphatic carbocycles. The second-order valence-corrected chi connectivity index (χ2v) is 3.10. The molecule has 1 aromatic carbocycles. The van der Waals surface area contributed by atoms with Crippen molar-refractivity contribution in [2.45, 2.75) is 0 Å². The molecule has 0 radical (unpaired) electrons. The van der Waals surface area contributed by atoms with Crippen molar-refractivity contribution in [1.29, 1.82) is 0 Å². The molecule has 0 fully saturated rings. The first-order valence-electron chi connectivity index (χ1n) is 4.28. The van der Waals surface area contributed by atoms with Gasteiger partial charge < -0.3 is 15.5 Å². The summed E-state index contributed by atoms with van der Waals surface area (Å²) in [6.07, 6.45) is 0. The summed E-state index contributed by atoms with van der Waals surface area (Å²) in [5.74, 6) is -0.954. The van der Waals surface area contributed by atoms with Gasteiger partial charge >= 0.3 is 5.97 Å². The van der Waals surface area contributed by atoms with E-state index in [0.717, 1.165) is 0 Å². The number of methoxy groups -OCH3 is 1. The summed E-state index contributed by atoms with van der Waals surface area (Å²) in [6.45, 7) is 0. The third-order valence-corrected chi connectivity index (χ3v) is 2.19. The number of fused-ring (bicyclic) bond motifs is 1. The fraction of sp³-hybridized carbons (Fsp3) is 0.100. The summed E-state index contributed by atoms with van der Waals surface area (Å²) in [5.41, 5.74) is 6.62. The number of H-pyrrole nitrogens is 1. The predicted molar refractivity (Wildman–Crippen MR) is 54.0 cm³/mol. The number of hydrogen-bond donors (Lipinski definition) is 2. The summed E-state index contributed by atoms with van der Waals surface area (Å²) in [5, 5.41) is 0.608. The van der Waals surface area contributed by atoms with Crippen molar-refractivity contribution in [3.8, 4) is 0 Å². The summed E-state index contributed by atoms with van der Waals surface area (Å²) in [7, 11) is 1.26. The molecule has 0 saturated carbocycles. The molecule has 0 spiro atoms. The number of aromatic amines is 1. The van der Waals surface area contributed by atoms with Crippen molar-refractivity contribution in [3.05, 3.63) is 29.7 Å². The Labute approximate surface area is 84.8 Å². The lowest BCUT2D eigenvalue weighted by Crippen LogP contribution is -2.04. The van der Waals surface area contributed by atoms with E-state index < -0.39 is 5.97 Å². The Balaban J connectivity index is 2.69. The summed E-state index contributed by atoms with van der Waals surface area (Å²) in [4.78, 5) is 14.0. The van der Waals surface area contributed by atoms with E-state index in [-0.39, 0.29) is 17.2 Å². The van der Waals surface area contributed by atoms with E-state index in [9.17, 15) is 9.18 Å². The fourth-order valence-corrected chi connectivity index (χ4v) is 1.45. The SMILES string of the molecule is COC(=O)c1[nH]c2cc(F)ccc2c1N. The number of benzene rings is 1. The van der Waals surface area contributed by atoms with Crippen LogP contribution >= 0.6 is 0 Å². The van der Waals surface area contributed by atoms with Crippen molar-refractivity contribution in [1.82, 2.24) is 4.98 Å². The van der Waals surface area contributed by atoms with E-state index in [1.165, 1.54) is 25.3 Å². The molecular weight excluding hydrogens is 199 g/mol. The highest BCUT2D eigenvalue weighted by Crippen LogP contribution is 2.25. The Bertz CT molecular complexity index is 533. The van der Waals surface area contributed by atoms with E-state index >= 15 is 0 Å². The first-order valence-corrected chi connectivity index (χ1v) is 4.28. The number of carbonyl (C=O) groups is 1. The van der Waals surface area contributed by atoms with Crippen molar-refractivity contribution < 1.29 is 13.9 Å². The fourth-order valence-electron chi connectivity index (χ4n) is 1.45. The molecule has 0 saturated heterocycles. The van der Waals surface area contributed by atoms with Gasteiger partial charge in [-0.2, -0.15) is 0 Å². The van der Waals surface area contributed by atoms with Crippen LogP contribution in [-0.2, 0) is 4.74 Å². The second kappa shape index (κ2) is 3.27. The van der Waals surface area contributed by atoms with Crippen LogP contribution in [0.1, 0.15) is 10.5 Å². The molecule has 2 aromatic rings. The molecule has 0 unspecified atom stereocenters. The number of esters is 1. The summed E-state index contributed by atoms with van der Waals surface area (Å²) >= 11 is 0. The van der Waals surface area contributed by atoms with Gasteiger partial charge in [0.05, 0.1) is 18.3 Å². The summed E-state index contributed by atoms with van der Waals surface area (Å²) in [6, 6.07) is 4.08. The average Bonchev–Trinajstić information content (AvgIpc) is 2.54. The quantitative estimate of drug-likeness (QED) is 0.700. The normalized spacial score (nSPS) is 10.5. The zero-order valence-corrected chi connectivity index (χ0v) is 8.00. The highest BCUT2D eigenvalue weighted by Gasteiger charge is 2.15. The number of anilines is 1. The number of nitrogens with one attached hydrogen (secondary N) is 1. The monoisotopic (exact) mass is 208 g/mol. The number of nitrogen functional groups attached to an aromatic ring is 1. The molecule has 1 aromatic heterocycles. The maximum Gasteiger partial charge on any atom is 0.356 e. The molecule has 0 aliphatic heterocycles. The molecule has 0 aliphatic rings. The zero-order chi connectivity index (χ0) is 11.0. The number of nitrogens with two attached hydrogens (primary N) is 1. The molecule has 2 rings (SSSR count). The standard InChI is InChI=1S/C10H9FN2O2/c1-15-10(14)9-8(12)6-3-2-5(11)4-7(6)13-9/h2-4,13H,12H2,1H3. The highest BCUT2D eigenvalue weighted by atomic mass is 19.1. The predicted octanol–water partition coefficient (Wildman–Crippen LogP) is 1.68. The van der Waals surface area contributed by atoms with Crippen LogP contribution in [-0.4, -0.2) is 18.1 Å². The molecule has 3 N–H and O–H groups in total. The molecule has 1 heterocycles. The minimum absolute atomic E-state index is 0.151. The van der Waals surface area contributed by atoms with Crippen LogP contribution in [0.3, 0.4) is 0 Å². The van der Waals surface area contributed by atoms with E-state index in [1.807, 2.05) is 0 Å². The van der Waals surface area contributed by atoms with Crippen LogP contribution in [0, 0.1) is 5.82 Å². The largest absolute Gasteiger partial charge is 0.464 e. The Kier molecular flexibility index (Phi) is 2.07. The van der Waals surface area contributed by atoms with Crippen molar-refractivity contribution >= 4 is 22.6 Å². The lowest BCUT2D eigenvalue weighted by Gasteiger charge is -1.95. The van der Waals surface area contributed by atoms with Gasteiger partial charge in [-0.3, -0.25) is 0 Å². The van der Waals surface area contributed by atoms with Gasteiger partial charge in [0.1, 0.15) is 11.5 Å². The van der Waals surface area contributed by atoms with Crippen molar-refractivity contribution in [2.24, 2.45) is 0 Å². The topological polar surface area (TPSA) is 68.1 Å². The minimum Gasteiger partial charge on any atom is -0.464 e. The van der Waals surface area contributed by atoms with E-state index in [1.54, 1.807) is 0 Å². The Morgan fingerprint density at radius 3 is 2.93 bits per heavy atom. The lowest BCUT2D eigenvalue weighted by molar-refractivity contribution is 0.0596. The van der Waals surface area contributed by atoms with Gasteiger partial charge in [-0.05, 0) is 18.2 Å². The van der Waals surface area contributed by atoms with E-state index in [2.05, 4.69) is 9.72 Å². The van der Waals surface area contributed by atoms with Gasteiger partial charge in [-0.1, -0.05) is 0 Å². The summed E-state index contributed by atoms with van der Waals surface area (Å²) < 4.78 is 17.4. The number of ether oxygens (including phenoxy) is 1. The van der Waals surface area contributed by atoms with Gasteiger partial charge in [0.2, 0.25) is 0 Å². The molecular formula is C10H9FN2O2. The van der Waals surface area contributed by atoms with E-state index in [0.29, 0.717) is 10.9 Å².